The number of fused-ring (bicyclic) bond motifs is 1. The van der Waals surface area contributed by atoms with Crippen molar-refractivity contribution in [1.29, 1.82) is 0 Å². The first-order valence-corrected chi connectivity index (χ1v) is 10.1. The van der Waals surface area contributed by atoms with Crippen LogP contribution in [-0.4, -0.2) is 21.4 Å². The normalized spacial score (nSPS) is 17.0. The molecule has 1 aromatic carbocycles. The van der Waals surface area contributed by atoms with Gasteiger partial charge in [-0.25, -0.2) is 9.98 Å². The molecule has 134 valence electrons. The van der Waals surface area contributed by atoms with Crippen molar-refractivity contribution < 1.29 is 10.2 Å². The Kier molecular flexibility index (Phi) is 6.45. The Morgan fingerprint density at radius 2 is 1.60 bits per heavy atom. The van der Waals surface area contributed by atoms with Gasteiger partial charge in [-0.15, -0.1) is 0 Å². The Morgan fingerprint density at radius 1 is 0.920 bits per heavy atom. The molecule has 0 atom stereocenters. The van der Waals surface area contributed by atoms with Gasteiger partial charge in [-0.2, -0.15) is 0 Å². The summed E-state index contributed by atoms with van der Waals surface area (Å²) in [6.45, 7) is 0. The Balaban J connectivity index is 1.74. The molecular weight excluding hydrogens is 332 g/mol. The van der Waals surface area contributed by atoms with Crippen molar-refractivity contribution in [2.75, 3.05) is 0 Å². The second kappa shape index (κ2) is 8.99. The van der Waals surface area contributed by atoms with Crippen molar-refractivity contribution in [1.82, 2.24) is 4.98 Å². The number of thiazole rings is 1. The first-order valence-electron chi connectivity index (χ1n) is 9.27. The minimum Gasteiger partial charge on any atom is -0.508 e. The lowest BCUT2D eigenvalue weighted by atomic mass is 10.0. The molecular formula is C20H26N2O2S. The van der Waals surface area contributed by atoms with E-state index in [-0.39, 0.29) is 11.5 Å². The van der Waals surface area contributed by atoms with E-state index in [4.69, 9.17) is 4.98 Å². The fourth-order valence-electron chi connectivity index (χ4n) is 3.22. The van der Waals surface area contributed by atoms with Gasteiger partial charge in [-0.3, -0.25) is 0 Å². The molecule has 25 heavy (non-hydrogen) atoms. The predicted octanol–water partition coefficient (Wildman–Crippen LogP) is 5.52. The Morgan fingerprint density at radius 3 is 2.32 bits per heavy atom. The number of rotatable bonds is 2. The minimum absolute atomic E-state index is 0.0270. The highest BCUT2D eigenvalue weighted by molar-refractivity contribution is 7.15. The van der Waals surface area contributed by atoms with E-state index in [1.165, 1.54) is 68.0 Å². The van der Waals surface area contributed by atoms with Crippen LogP contribution in [0.15, 0.2) is 23.2 Å². The third-order valence-corrected chi connectivity index (χ3v) is 5.73. The third-order valence-electron chi connectivity index (χ3n) is 4.66. The van der Waals surface area contributed by atoms with Crippen LogP contribution >= 0.6 is 11.3 Å². The summed E-state index contributed by atoms with van der Waals surface area (Å²) in [5.74, 6) is 0.0741. The molecule has 0 bridgehead atoms. The van der Waals surface area contributed by atoms with Crippen molar-refractivity contribution in [3.05, 3.63) is 34.3 Å². The zero-order chi connectivity index (χ0) is 17.5. The van der Waals surface area contributed by atoms with Crippen molar-refractivity contribution in [3.8, 4) is 11.5 Å². The lowest BCUT2D eigenvalue weighted by Crippen LogP contribution is -1.94. The fraction of sp³-hybridized carbons (Fsp3) is 0.500. The molecule has 0 amide bonds. The molecule has 0 unspecified atom stereocenters. The molecule has 1 aromatic heterocycles. The first kappa shape index (κ1) is 17.9. The highest BCUT2D eigenvalue weighted by Crippen LogP contribution is 2.30. The zero-order valence-corrected chi connectivity index (χ0v) is 15.4. The molecule has 0 radical (unpaired) electrons. The summed E-state index contributed by atoms with van der Waals surface area (Å²) in [7, 11) is 0. The van der Waals surface area contributed by atoms with Gasteiger partial charge >= 0.3 is 0 Å². The second-order valence-corrected chi connectivity index (χ2v) is 7.76. The summed E-state index contributed by atoms with van der Waals surface area (Å²) in [6.07, 6.45) is 14.2. The summed E-state index contributed by atoms with van der Waals surface area (Å²) < 4.78 is 0. The van der Waals surface area contributed by atoms with E-state index in [0.29, 0.717) is 5.56 Å². The largest absolute Gasteiger partial charge is 0.508 e. The molecule has 3 rings (SSSR count). The number of aromatic nitrogens is 1. The number of aromatic hydroxyl groups is 2. The van der Waals surface area contributed by atoms with E-state index in [2.05, 4.69) is 4.99 Å². The van der Waals surface area contributed by atoms with E-state index in [0.717, 1.165) is 18.0 Å². The maximum absolute atomic E-state index is 9.85. The van der Waals surface area contributed by atoms with Gasteiger partial charge in [-0.05, 0) is 37.8 Å². The van der Waals surface area contributed by atoms with Crippen LogP contribution in [0.1, 0.15) is 67.5 Å². The lowest BCUT2D eigenvalue weighted by molar-refractivity contribution is 0.450. The number of nitrogens with zero attached hydrogens (tertiary/aromatic N) is 2. The molecule has 2 N–H and O–H groups in total. The van der Waals surface area contributed by atoms with E-state index >= 15 is 0 Å². The molecule has 0 saturated heterocycles. The first-order chi connectivity index (χ1) is 12.2. The number of aryl methyl sites for hydroxylation is 2. The lowest BCUT2D eigenvalue weighted by Gasteiger charge is -2.06. The molecule has 0 fully saturated rings. The van der Waals surface area contributed by atoms with Gasteiger partial charge in [0.25, 0.3) is 0 Å². The maximum atomic E-state index is 9.85. The van der Waals surface area contributed by atoms with Crippen molar-refractivity contribution in [2.45, 2.75) is 64.2 Å². The summed E-state index contributed by atoms with van der Waals surface area (Å²) in [5.41, 5.74) is 1.80. The second-order valence-electron chi connectivity index (χ2n) is 6.70. The highest BCUT2D eigenvalue weighted by Gasteiger charge is 2.11. The zero-order valence-electron chi connectivity index (χ0n) is 14.6. The van der Waals surface area contributed by atoms with Crippen LogP contribution in [0.5, 0.6) is 11.5 Å². The maximum Gasteiger partial charge on any atom is 0.209 e. The van der Waals surface area contributed by atoms with Gasteiger partial charge in [0.05, 0.1) is 5.69 Å². The smallest absolute Gasteiger partial charge is 0.209 e. The minimum atomic E-state index is 0.0270. The van der Waals surface area contributed by atoms with Crippen LogP contribution in [0.4, 0.5) is 5.13 Å². The standard InChI is InChI=1S/C20H26N2O2S/c23-16-12-11-15(18(24)13-16)14-21-20-22-17-9-7-5-3-1-2-4-6-8-10-19(17)25-20/h11-14,23-24H,1-10H2. The highest BCUT2D eigenvalue weighted by atomic mass is 32.1. The Bertz CT molecular complexity index is 695. The summed E-state index contributed by atoms with van der Waals surface area (Å²) in [5, 5.41) is 20.0. The summed E-state index contributed by atoms with van der Waals surface area (Å²) in [6, 6.07) is 4.52. The van der Waals surface area contributed by atoms with E-state index < -0.39 is 0 Å². The van der Waals surface area contributed by atoms with Crippen LogP contribution in [0.3, 0.4) is 0 Å². The molecule has 1 aliphatic rings. The van der Waals surface area contributed by atoms with Crippen LogP contribution in [0.25, 0.3) is 0 Å². The summed E-state index contributed by atoms with van der Waals surface area (Å²) >= 11 is 1.67. The molecule has 2 aromatic rings. The molecule has 0 aliphatic heterocycles. The van der Waals surface area contributed by atoms with Crippen LogP contribution in [0.2, 0.25) is 0 Å². The molecule has 5 heteroatoms. The quantitative estimate of drug-likeness (QED) is 0.694. The molecule has 1 aliphatic carbocycles. The number of hydrogen-bond donors (Lipinski definition) is 2. The van der Waals surface area contributed by atoms with E-state index in [1.807, 2.05) is 0 Å². The van der Waals surface area contributed by atoms with Crippen LogP contribution < -0.4 is 0 Å². The number of aliphatic imine (C=N–C) groups is 1. The third kappa shape index (κ3) is 5.30. The molecule has 4 nitrogen and oxygen atoms in total. The monoisotopic (exact) mass is 358 g/mol. The van der Waals surface area contributed by atoms with Crippen molar-refractivity contribution >= 4 is 22.7 Å². The van der Waals surface area contributed by atoms with Gasteiger partial charge in [0.15, 0.2) is 0 Å². The SMILES string of the molecule is Oc1ccc(C=Nc2nc3c(s2)CCCCCCCCCC3)c(O)c1. The number of phenolic OH excluding ortho intramolecular Hbond substituents is 2. The van der Waals surface area contributed by atoms with Gasteiger partial charge in [0.1, 0.15) is 11.5 Å². The molecule has 0 spiro atoms. The van der Waals surface area contributed by atoms with Gasteiger partial charge < -0.3 is 10.2 Å². The number of benzene rings is 1. The molecule has 1 heterocycles. The van der Waals surface area contributed by atoms with Gasteiger partial charge in [0.2, 0.25) is 5.13 Å². The Labute approximate surface area is 153 Å². The van der Waals surface area contributed by atoms with Crippen LogP contribution in [-0.2, 0) is 12.8 Å². The average Bonchev–Trinajstić information content (AvgIpc) is 2.96. The molecule has 0 saturated carbocycles. The predicted molar refractivity (Wildman–Crippen MR) is 103 cm³/mol. The van der Waals surface area contributed by atoms with E-state index in [1.54, 1.807) is 29.7 Å². The van der Waals surface area contributed by atoms with Crippen molar-refractivity contribution in [3.63, 3.8) is 0 Å². The van der Waals surface area contributed by atoms with Gasteiger partial charge in [0, 0.05) is 22.7 Å². The van der Waals surface area contributed by atoms with Crippen molar-refractivity contribution in [2.24, 2.45) is 4.99 Å². The average molecular weight is 359 g/mol. The Hall–Kier alpha value is -1.88. The van der Waals surface area contributed by atoms with E-state index in [9.17, 15) is 10.2 Å². The number of phenols is 2. The van der Waals surface area contributed by atoms with Crippen LogP contribution in [0, 0.1) is 0 Å². The number of hydrogen-bond acceptors (Lipinski definition) is 5. The summed E-state index contributed by atoms with van der Waals surface area (Å²) in [4.78, 5) is 10.6. The fourth-order valence-corrected chi connectivity index (χ4v) is 4.21. The topological polar surface area (TPSA) is 65.7 Å². The van der Waals surface area contributed by atoms with Gasteiger partial charge in [-0.1, -0.05) is 49.9 Å².